The van der Waals surface area contributed by atoms with Crippen molar-refractivity contribution in [3.05, 3.63) is 212 Å². The monoisotopic (exact) mass is 729 g/mol. The molecule has 2 heterocycles. The van der Waals surface area contributed by atoms with E-state index in [0.29, 0.717) is 0 Å². The second-order valence-electron chi connectivity index (χ2n) is 14.5. The van der Waals surface area contributed by atoms with E-state index in [2.05, 4.69) is 199 Å². The van der Waals surface area contributed by atoms with Gasteiger partial charge in [-0.1, -0.05) is 152 Å². The molecule has 0 atom stereocenters. The Morgan fingerprint density at radius 1 is 0.263 bits per heavy atom. The van der Waals surface area contributed by atoms with Gasteiger partial charge in [0.25, 0.3) is 0 Å². The van der Waals surface area contributed by atoms with Gasteiger partial charge in [-0.2, -0.15) is 0 Å². The molecular formula is C54H35NO2. The second kappa shape index (κ2) is 13.6. The molecule has 0 radical (unpaired) electrons. The summed E-state index contributed by atoms with van der Waals surface area (Å²) in [5.41, 5.74) is 16.1. The third kappa shape index (κ3) is 5.76. The third-order valence-electron chi connectivity index (χ3n) is 11.1. The number of benzene rings is 9. The van der Waals surface area contributed by atoms with E-state index in [0.717, 1.165) is 83.2 Å². The minimum atomic E-state index is 0.876. The summed E-state index contributed by atoms with van der Waals surface area (Å²) in [6.45, 7) is 0. The Hall–Kier alpha value is -7.62. The number of fused-ring (bicyclic) bond motifs is 6. The fourth-order valence-corrected chi connectivity index (χ4v) is 8.32. The van der Waals surface area contributed by atoms with Crippen LogP contribution in [0, 0.1) is 0 Å². The van der Waals surface area contributed by atoms with Crippen molar-refractivity contribution in [2.75, 3.05) is 4.90 Å². The summed E-state index contributed by atoms with van der Waals surface area (Å²) in [6.07, 6.45) is 0. The van der Waals surface area contributed by atoms with Crippen molar-refractivity contribution in [3.63, 3.8) is 0 Å². The van der Waals surface area contributed by atoms with Gasteiger partial charge in [0.2, 0.25) is 0 Å². The highest BCUT2D eigenvalue weighted by Crippen LogP contribution is 2.42. The summed E-state index contributed by atoms with van der Waals surface area (Å²) in [5, 5.41) is 4.43. The lowest BCUT2D eigenvalue weighted by molar-refractivity contribution is 0.669. The van der Waals surface area contributed by atoms with E-state index in [1.54, 1.807) is 0 Å². The Morgan fingerprint density at radius 3 is 1.46 bits per heavy atom. The molecule has 2 aromatic heterocycles. The molecule has 0 saturated heterocycles. The molecule has 0 spiro atoms. The van der Waals surface area contributed by atoms with E-state index in [-0.39, 0.29) is 0 Å². The molecule has 9 aromatic carbocycles. The fourth-order valence-electron chi connectivity index (χ4n) is 8.32. The summed E-state index contributed by atoms with van der Waals surface area (Å²) < 4.78 is 12.7. The molecule has 0 amide bonds. The van der Waals surface area contributed by atoms with E-state index in [9.17, 15) is 0 Å². The summed E-state index contributed by atoms with van der Waals surface area (Å²) in [5.74, 6) is 0. The van der Waals surface area contributed by atoms with Crippen LogP contribution in [0.4, 0.5) is 17.1 Å². The highest BCUT2D eigenvalue weighted by atomic mass is 16.3. The van der Waals surface area contributed by atoms with Crippen molar-refractivity contribution >= 4 is 60.9 Å². The first-order chi connectivity index (χ1) is 28.2. The van der Waals surface area contributed by atoms with Crippen molar-refractivity contribution in [2.24, 2.45) is 0 Å². The molecule has 0 aliphatic rings. The zero-order valence-electron chi connectivity index (χ0n) is 31.0. The molecule has 0 bridgehead atoms. The van der Waals surface area contributed by atoms with E-state index < -0.39 is 0 Å². The largest absolute Gasteiger partial charge is 0.456 e. The maximum absolute atomic E-state index is 6.48. The first-order valence-electron chi connectivity index (χ1n) is 19.3. The van der Waals surface area contributed by atoms with Crippen LogP contribution in [-0.4, -0.2) is 0 Å². The van der Waals surface area contributed by atoms with Crippen LogP contribution in [0.25, 0.3) is 88.4 Å². The maximum atomic E-state index is 6.48. The minimum absolute atomic E-state index is 0.876. The van der Waals surface area contributed by atoms with Gasteiger partial charge in [0.05, 0.1) is 0 Å². The Morgan fingerprint density at radius 2 is 0.737 bits per heavy atom. The van der Waals surface area contributed by atoms with Crippen LogP contribution in [0.2, 0.25) is 0 Å². The highest BCUT2D eigenvalue weighted by Gasteiger charge is 2.18. The van der Waals surface area contributed by atoms with Crippen LogP contribution in [0.15, 0.2) is 221 Å². The topological polar surface area (TPSA) is 29.5 Å². The van der Waals surface area contributed by atoms with E-state index in [1.165, 1.54) is 22.3 Å². The Bertz CT molecular complexity index is 3210. The van der Waals surface area contributed by atoms with Crippen LogP contribution in [0.5, 0.6) is 0 Å². The lowest BCUT2D eigenvalue weighted by atomic mass is 9.94. The normalized spacial score (nSPS) is 11.5. The average molecular weight is 730 g/mol. The van der Waals surface area contributed by atoms with Gasteiger partial charge in [-0.05, 0) is 99.6 Å². The maximum Gasteiger partial charge on any atom is 0.143 e. The molecule has 0 aliphatic carbocycles. The Kier molecular flexibility index (Phi) is 7.82. The quantitative estimate of drug-likeness (QED) is 0.164. The van der Waals surface area contributed by atoms with Crippen LogP contribution >= 0.6 is 0 Å². The van der Waals surface area contributed by atoms with Gasteiger partial charge in [0.1, 0.15) is 22.3 Å². The van der Waals surface area contributed by atoms with Gasteiger partial charge in [0.15, 0.2) is 0 Å². The molecule has 0 aliphatic heterocycles. The molecule has 3 heteroatoms. The van der Waals surface area contributed by atoms with Gasteiger partial charge >= 0.3 is 0 Å². The average Bonchev–Trinajstić information content (AvgIpc) is 3.85. The molecule has 0 N–H and O–H groups in total. The van der Waals surface area contributed by atoms with Crippen LogP contribution < -0.4 is 4.90 Å². The van der Waals surface area contributed by atoms with Gasteiger partial charge < -0.3 is 13.7 Å². The molecular weight excluding hydrogens is 695 g/mol. The number of hydrogen-bond acceptors (Lipinski definition) is 3. The molecule has 11 aromatic rings. The van der Waals surface area contributed by atoms with Crippen LogP contribution in [0.1, 0.15) is 0 Å². The molecule has 0 fully saturated rings. The lowest BCUT2D eigenvalue weighted by Gasteiger charge is -2.26. The number of anilines is 3. The molecule has 3 nitrogen and oxygen atoms in total. The third-order valence-corrected chi connectivity index (χ3v) is 11.1. The standard InChI is InChI=1S/C54H35NO2/c1-3-12-37(13-4-1)44-16-7-8-17-45(44)39-24-29-42(30-25-39)55(43-31-33-52-50(35-43)47-18-9-10-21-51(47)56-52)41-27-22-36(23-28-41)40-26-32-53-49(34-40)48-20-11-19-46(54(48)57-53)38-14-5-2-6-15-38/h1-35H. The number of furan rings is 2. The fraction of sp³-hybridized carbons (Fsp3) is 0. The van der Waals surface area contributed by atoms with Crippen molar-refractivity contribution in [1.82, 2.24) is 0 Å². The summed E-state index contributed by atoms with van der Waals surface area (Å²) in [4.78, 5) is 2.33. The van der Waals surface area contributed by atoms with Crippen LogP contribution in [-0.2, 0) is 0 Å². The molecule has 57 heavy (non-hydrogen) atoms. The van der Waals surface area contributed by atoms with Gasteiger partial charge in [-0.3, -0.25) is 0 Å². The molecule has 11 rings (SSSR count). The van der Waals surface area contributed by atoms with Crippen LogP contribution in [0.3, 0.4) is 0 Å². The van der Waals surface area contributed by atoms with Gasteiger partial charge in [-0.25, -0.2) is 0 Å². The number of hydrogen-bond donors (Lipinski definition) is 0. The summed E-state index contributed by atoms with van der Waals surface area (Å²) >= 11 is 0. The van der Waals surface area contributed by atoms with Crippen molar-refractivity contribution in [1.29, 1.82) is 0 Å². The first kappa shape index (κ1) is 32.8. The predicted octanol–water partition coefficient (Wildman–Crippen LogP) is 15.6. The van der Waals surface area contributed by atoms with Crippen molar-refractivity contribution in [2.45, 2.75) is 0 Å². The summed E-state index contributed by atoms with van der Waals surface area (Å²) in [6, 6.07) is 75.1. The van der Waals surface area contributed by atoms with E-state index in [4.69, 9.17) is 8.83 Å². The molecule has 0 unspecified atom stereocenters. The zero-order valence-corrected chi connectivity index (χ0v) is 31.0. The smallest absolute Gasteiger partial charge is 0.143 e. The number of nitrogens with zero attached hydrogens (tertiary/aromatic N) is 1. The zero-order chi connectivity index (χ0) is 37.7. The van der Waals surface area contributed by atoms with Gasteiger partial charge in [-0.15, -0.1) is 0 Å². The van der Waals surface area contributed by atoms with Crippen molar-refractivity contribution in [3.8, 4) is 44.5 Å². The highest BCUT2D eigenvalue weighted by molar-refractivity contribution is 6.11. The van der Waals surface area contributed by atoms with E-state index >= 15 is 0 Å². The van der Waals surface area contributed by atoms with Crippen molar-refractivity contribution < 1.29 is 8.83 Å². The van der Waals surface area contributed by atoms with E-state index in [1.807, 2.05) is 18.2 Å². The number of para-hydroxylation sites is 2. The lowest BCUT2D eigenvalue weighted by Crippen LogP contribution is -2.09. The first-order valence-corrected chi connectivity index (χ1v) is 19.3. The molecule has 0 saturated carbocycles. The number of rotatable bonds is 7. The summed E-state index contributed by atoms with van der Waals surface area (Å²) in [7, 11) is 0. The minimum Gasteiger partial charge on any atom is -0.456 e. The Labute approximate surface area is 330 Å². The predicted molar refractivity (Wildman–Crippen MR) is 237 cm³/mol. The second-order valence-corrected chi connectivity index (χ2v) is 14.5. The van der Waals surface area contributed by atoms with Gasteiger partial charge in [0, 0.05) is 44.2 Å². The SMILES string of the molecule is c1ccc(-c2ccccc2-c2ccc(N(c3ccc(-c4ccc5oc6c(-c7ccccc7)cccc6c5c4)cc3)c3ccc4oc5ccccc5c4c3)cc2)cc1. The molecule has 268 valence electrons. The Balaban J connectivity index is 0.995.